The highest BCUT2D eigenvalue weighted by Gasteiger charge is 2.40. The molecule has 2 N–H and O–H groups in total. The quantitative estimate of drug-likeness (QED) is 0.499. The Morgan fingerprint density at radius 3 is 2.56 bits per heavy atom. The normalized spacial score (nSPS) is 21.0. The summed E-state index contributed by atoms with van der Waals surface area (Å²) in [6.45, 7) is 12.4. The van der Waals surface area contributed by atoms with Crippen molar-refractivity contribution in [3.63, 3.8) is 0 Å². The second-order valence-corrected chi connectivity index (χ2v) is 16.4. The van der Waals surface area contributed by atoms with E-state index >= 15 is 0 Å². The zero-order valence-electron chi connectivity index (χ0n) is 20.8. The molecule has 2 saturated carbocycles. The van der Waals surface area contributed by atoms with Crippen molar-refractivity contribution in [3.05, 3.63) is 36.3 Å². The predicted octanol–water partition coefficient (Wildman–Crippen LogP) is 4.02. The maximum atomic E-state index is 9.64. The molecule has 0 aliphatic heterocycles. The summed E-state index contributed by atoms with van der Waals surface area (Å²) in [6, 6.07) is 5.71. The SMILES string of the molecule is CC(C)(C)[Si](C)(C)OCC1CC(n2cc(-c3cnc4c(B(O)O)cccc4n3)c(C3CC3)n2)C1. The maximum Gasteiger partial charge on any atom is 0.490 e. The molecule has 0 saturated heterocycles. The van der Waals surface area contributed by atoms with Gasteiger partial charge in [0.05, 0.1) is 34.7 Å². The molecule has 34 heavy (non-hydrogen) atoms. The molecule has 0 bridgehead atoms. The van der Waals surface area contributed by atoms with Crippen LogP contribution in [0.4, 0.5) is 0 Å². The zero-order chi connectivity index (χ0) is 24.3. The van der Waals surface area contributed by atoms with Crippen molar-refractivity contribution in [1.29, 1.82) is 0 Å². The van der Waals surface area contributed by atoms with Gasteiger partial charge in [-0.3, -0.25) is 9.67 Å². The highest BCUT2D eigenvalue weighted by atomic mass is 28.4. The first kappa shape index (κ1) is 23.7. The second-order valence-electron chi connectivity index (χ2n) is 11.6. The van der Waals surface area contributed by atoms with Gasteiger partial charge in [0.15, 0.2) is 8.32 Å². The van der Waals surface area contributed by atoms with Crippen LogP contribution in [0.3, 0.4) is 0 Å². The molecule has 1 aromatic carbocycles. The average molecular weight is 478 g/mol. The fourth-order valence-electron chi connectivity index (χ4n) is 4.45. The summed E-state index contributed by atoms with van der Waals surface area (Å²) in [5.41, 5.74) is 4.51. The molecule has 9 heteroatoms. The zero-order valence-corrected chi connectivity index (χ0v) is 21.8. The standard InChI is InChI=1S/C25H35BN4O3Si/c1-25(2,3)34(4,5)33-15-16-11-18(12-16)30-14-19(23(29-30)17-9-10-17)22-13-27-24-20(26(31)32)7-6-8-21(24)28-22/h6-8,13-14,16-18,31-32H,9-12,15H2,1-5H3. The van der Waals surface area contributed by atoms with Crippen molar-refractivity contribution >= 4 is 31.9 Å². The molecule has 2 aliphatic carbocycles. The van der Waals surface area contributed by atoms with E-state index in [0.29, 0.717) is 34.4 Å². The molecule has 0 radical (unpaired) electrons. The molecule has 2 aliphatic rings. The number of hydrogen-bond donors (Lipinski definition) is 2. The third kappa shape index (κ3) is 4.46. The van der Waals surface area contributed by atoms with E-state index in [1.54, 1.807) is 18.3 Å². The van der Waals surface area contributed by atoms with Crippen molar-refractivity contribution in [2.24, 2.45) is 5.92 Å². The summed E-state index contributed by atoms with van der Waals surface area (Å²) in [5.74, 6) is 1.09. The largest absolute Gasteiger partial charge is 0.490 e. The molecule has 2 aromatic heterocycles. The lowest BCUT2D eigenvalue weighted by Gasteiger charge is -2.41. The summed E-state index contributed by atoms with van der Waals surface area (Å²) in [5, 5.41) is 24.5. The molecule has 0 atom stereocenters. The summed E-state index contributed by atoms with van der Waals surface area (Å²) in [6.07, 6.45) is 8.41. The van der Waals surface area contributed by atoms with Crippen LogP contribution >= 0.6 is 0 Å². The van der Waals surface area contributed by atoms with E-state index in [-0.39, 0.29) is 5.04 Å². The first-order valence-electron chi connectivity index (χ1n) is 12.4. The summed E-state index contributed by atoms with van der Waals surface area (Å²) in [7, 11) is -3.28. The third-order valence-electron chi connectivity index (χ3n) is 7.95. The van der Waals surface area contributed by atoms with Crippen molar-refractivity contribution in [2.75, 3.05) is 6.61 Å². The molecular formula is C25H35BN4O3Si. The monoisotopic (exact) mass is 478 g/mol. The van der Waals surface area contributed by atoms with Crippen molar-refractivity contribution in [3.8, 4) is 11.3 Å². The van der Waals surface area contributed by atoms with Gasteiger partial charge in [-0.2, -0.15) is 5.10 Å². The number of fused-ring (bicyclic) bond motifs is 1. The van der Waals surface area contributed by atoms with Gasteiger partial charge in [-0.1, -0.05) is 32.9 Å². The summed E-state index contributed by atoms with van der Waals surface area (Å²) in [4.78, 5) is 9.35. The number of benzene rings is 1. The molecule has 3 aromatic rings. The van der Waals surface area contributed by atoms with Gasteiger partial charge in [0.1, 0.15) is 0 Å². The summed E-state index contributed by atoms with van der Waals surface area (Å²) < 4.78 is 8.60. The second kappa shape index (κ2) is 8.55. The number of rotatable bonds is 7. The molecule has 5 rings (SSSR count). The molecular weight excluding hydrogens is 443 g/mol. The van der Waals surface area contributed by atoms with Crippen LogP contribution in [0, 0.1) is 5.92 Å². The lowest BCUT2D eigenvalue weighted by Crippen LogP contribution is -2.43. The molecule has 0 unspecified atom stereocenters. The van der Waals surface area contributed by atoms with E-state index in [9.17, 15) is 10.0 Å². The van der Waals surface area contributed by atoms with Gasteiger partial charge in [-0.15, -0.1) is 0 Å². The van der Waals surface area contributed by atoms with Gasteiger partial charge in [0.25, 0.3) is 0 Å². The van der Waals surface area contributed by atoms with Crippen molar-refractivity contribution < 1.29 is 14.5 Å². The molecule has 7 nitrogen and oxygen atoms in total. The number of para-hydroxylation sites is 1. The van der Waals surface area contributed by atoms with E-state index in [1.165, 1.54) is 12.8 Å². The smallest absolute Gasteiger partial charge is 0.423 e. The van der Waals surface area contributed by atoms with Crippen LogP contribution in [0.2, 0.25) is 18.1 Å². The Bertz CT molecular complexity index is 1200. The van der Waals surface area contributed by atoms with Crippen LogP contribution in [0.15, 0.2) is 30.6 Å². The van der Waals surface area contributed by atoms with Crippen molar-refractivity contribution in [2.45, 2.75) is 76.5 Å². The molecule has 2 heterocycles. The fourth-order valence-corrected chi connectivity index (χ4v) is 5.53. The van der Waals surface area contributed by atoms with Crippen LogP contribution in [-0.2, 0) is 4.43 Å². The van der Waals surface area contributed by atoms with Gasteiger partial charge in [-0.25, -0.2) is 4.98 Å². The Labute approximate surface area is 202 Å². The number of aromatic nitrogens is 4. The lowest BCUT2D eigenvalue weighted by atomic mass is 9.79. The Kier molecular flexibility index (Phi) is 5.95. The highest BCUT2D eigenvalue weighted by Crippen LogP contribution is 2.46. The average Bonchev–Trinajstić information content (AvgIpc) is 3.50. The third-order valence-corrected chi connectivity index (χ3v) is 12.5. The van der Waals surface area contributed by atoms with Crippen LogP contribution in [0.1, 0.15) is 64.1 Å². The minimum atomic E-state index is -1.71. The Morgan fingerprint density at radius 2 is 1.91 bits per heavy atom. The van der Waals surface area contributed by atoms with Gasteiger partial charge in [0.2, 0.25) is 0 Å². The fraction of sp³-hybridized carbons (Fsp3) is 0.560. The summed E-state index contributed by atoms with van der Waals surface area (Å²) >= 11 is 0. The first-order chi connectivity index (χ1) is 16.0. The maximum absolute atomic E-state index is 9.64. The molecule has 0 spiro atoms. The van der Waals surface area contributed by atoms with Crippen LogP contribution in [-0.4, -0.2) is 51.8 Å². The Balaban J connectivity index is 1.34. The number of nitrogens with zero attached hydrogens (tertiary/aromatic N) is 4. The van der Waals surface area contributed by atoms with E-state index in [0.717, 1.165) is 36.4 Å². The Hall–Kier alpha value is -2.07. The van der Waals surface area contributed by atoms with E-state index in [4.69, 9.17) is 14.5 Å². The minimum absolute atomic E-state index is 0.239. The molecule has 2 fully saturated rings. The highest BCUT2D eigenvalue weighted by molar-refractivity contribution is 6.74. The molecule has 0 amide bonds. The van der Waals surface area contributed by atoms with E-state index in [1.807, 2.05) is 6.07 Å². The van der Waals surface area contributed by atoms with E-state index < -0.39 is 15.4 Å². The topological polar surface area (TPSA) is 93.3 Å². The van der Waals surface area contributed by atoms with Gasteiger partial charge >= 0.3 is 7.12 Å². The minimum Gasteiger partial charge on any atom is -0.423 e. The lowest BCUT2D eigenvalue weighted by molar-refractivity contribution is 0.110. The van der Waals surface area contributed by atoms with Crippen LogP contribution < -0.4 is 5.46 Å². The van der Waals surface area contributed by atoms with Crippen LogP contribution in [0.5, 0.6) is 0 Å². The first-order valence-corrected chi connectivity index (χ1v) is 15.3. The van der Waals surface area contributed by atoms with Crippen molar-refractivity contribution in [1.82, 2.24) is 19.7 Å². The Morgan fingerprint density at radius 1 is 1.18 bits per heavy atom. The van der Waals surface area contributed by atoms with Gasteiger partial charge in [0, 0.05) is 29.7 Å². The predicted molar refractivity (Wildman–Crippen MR) is 137 cm³/mol. The van der Waals surface area contributed by atoms with Crippen LogP contribution in [0.25, 0.3) is 22.3 Å². The van der Waals surface area contributed by atoms with E-state index in [2.05, 4.69) is 49.7 Å². The van der Waals surface area contributed by atoms with Gasteiger partial charge in [-0.05, 0) is 55.8 Å². The molecule has 180 valence electrons. The van der Waals surface area contributed by atoms with Gasteiger partial charge < -0.3 is 14.5 Å². The number of hydrogen-bond acceptors (Lipinski definition) is 6.